The molecule has 0 aromatic heterocycles. The second-order valence-electron chi connectivity index (χ2n) is 3.44. The van der Waals surface area contributed by atoms with Gasteiger partial charge in [0.15, 0.2) is 15.6 Å². The molecule has 1 unspecified atom stereocenters. The first-order chi connectivity index (χ1) is 6.53. The zero-order valence-electron chi connectivity index (χ0n) is 8.15. The average Bonchev–Trinajstić information content (AvgIpc) is 2.02. The maximum absolute atomic E-state index is 11.2. The summed E-state index contributed by atoms with van der Waals surface area (Å²) in [6, 6.07) is -0.239. The van der Waals surface area contributed by atoms with Crippen LogP contribution in [0.5, 0.6) is 0 Å². The molecule has 1 aliphatic rings. The quantitative estimate of drug-likeness (QED) is 0.658. The molecule has 1 rings (SSSR count). The molecule has 1 saturated heterocycles. The number of hydrogen-bond donors (Lipinski definition) is 1. The van der Waals surface area contributed by atoms with Crippen LogP contribution in [0, 0.1) is 0 Å². The van der Waals surface area contributed by atoms with Gasteiger partial charge in [0.2, 0.25) is 0 Å². The zero-order chi connectivity index (χ0) is 10.6. The first-order valence-electron chi connectivity index (χ1n) is 4.48. The maximum Gasteiger partial charge on any atom is 0.160 e. The van der Waals surface area contributed by atoms with E-state index < -0.39 is 9.84 Å². The van der Waals surface area contributed by atoms with Crippen LogP contribution in [-0.4, -0.2) is 52.0 Å². The molecule has 5 nitrogen and oxygen atoms in total. The molecule has 0 aliphatic carbocycles. The van der Waals surface area contributed by atoms with E-state index >= 15 is 0 Å². The van der Waals surface area contributed by atoms with Gasteiger partial charge >= 0.3 is 0 Å². The molecule has 1 heterocycles. The Morgan fingerprint density at radius 3 is 2.86 bits per heavy atom. The van der Waals surface area contributed by atoms with Crippen LogP contribution >= 0.6 is 0 Å². The number of rotatable bonds is 4. The van der Waals surface area contributed by atoms with Crippen molar-refractivity contribution in [3.8, 4) is 0 Å². The van der Waals surface area contributed by atoms with E-state index in [0.717, 1.165) is 0 Å². The number of ether oxygens (including phenoxy) is 1. The second-order valence-corrected chi connectivity index (χ2v) is 5.67. The van der Waals surface area contributed by atoms with E-state index in [2.05, 4.69) is 10.1 Å². The smallest absolute Gasteiger partial charge is 0.160 e. The summed E-state index contributed by atoms with van der Waals surface area (Å²) in [5.41, 5.74) is 0. The summed E-state index contributed by atoms with van der Waals surface area (Å²) >= 11 is 0. The van der Waals surface area contributed by atoms with Gasteiger partial charge in [0.05, 0.1) is 11.5 Å². The lowest BCUT2D eigenvalue weighted by Gasteiger charge is -2.22. The highest BCUT2D eigenvalue weighted by atomic mass is 32.2. The molecule has 82 valence electrons. The van der Waals surface area contributed by atoms with Gasteiger partial charge in [-0.1, -0.05) is 0 Å². The van der Waals surface area contributed by atoms with E-state index in [9.17, 15) is 13.2 Å². The monoisotopic (exact) mass is 221 g/mol. The number of sulfone groups is 1. The van der Waals surface area contributed by atoms with Gasteiger partial charge in [0.25, 0.3) is 0 Å². The number of methoxy groups -OCH3 is 1. The predicted octanol–water partition coefficient (Wildman–Crippen LogP) is -1.02. The van der Waals surface area contributed by atoms with Crippen LogP contribution in [0.25, 0.3) is 0 Å². The van der Waals surface area contributed by atoms with Gasteiger partial charge in [-0.15, -0.1) is 0 Å². The van der Waals surface area contributed by atoms with Crippen LogP contribution in [0.4, 0.5) is 0 Å². The second kappa shape index (κ2) is 4.86. The van der Waals surface area contributed by atoms with Crippen molar-refractivity contribution in [3.63, 3.8) is 0 Å². The third-order valence-electron chi connectivity index (χ3n) is 2.08. The Bertz CT molecular complexity index is 298. The summed E-state index contributed by atoms with van der Waals surface area (Å²) in [5.74, 6) is 0.159. The highest BCUT2D eigenvalue weighted by Crippen LogP contribution is 2.05. The van der Waals surface area contributed by atoms with Crippen molar-refractivity contribution in [2.24, 2.45) is 0 Å². The highest BCUT2D eigenvalue weighted by molar-refractivity contribution is 7.91. The summed E-state index contributed by atoms with van der Waals surface area (Å²) in [6.07, 6.45) is 0.229. The summed E-state index contributed by atoms with van der Waals surface area (Å²) in [6.45, 7) is 0.492. The van der Waals surface area contributed by atoms with Crippen molar-refractivity contribution in [1.82, 2.24) is 5.32 Å². The largest absolute Gasteiger partial charge is 0.377 e. The van der Waals surface area contributed by atoms with Gasteiger partial charge in [-0.2, -0.15) is 0 Å². The lowest BCUT2D eigenvalue weighted by atomic mass is 10.1. The van der Waals surface area contributed by atoms with Crippen molar-refractivity contribution in [1.29, 1.82) is 0 Å². The minimum atomic E-state index is -2.95. The van der Waals surface area contributed by atoms with Gasteiger partial charge in [0.1, 0.15) is 6.61 Å². The number of ketones is 1. The van der Waals surface area contributed by atoms with Gasteiger partial charge in [0, 0.05) is 26.1 Å². The molecule has 1 atom stereocenters. The first-order valence-corrected chi connectivity index (χ1v) is 6.30. The van der Waals surface area contributed by atoms with E-state index in [4.69, 9.17) is 0 Å². The molecule has 1 N–H and O–H groups in total. The molecule has 0 bridgehead atoms. The molecule has 0 aromatic carbocycles. The number of nitrogens with one attached hydrogen (secondary N) is 1. The molecule has 0 amide bonds. The van der Waals surface area contributed by atoms with E-state index in [1.54, 1.807) is 0 Å². The molecule has 1 aliphatic heterocycles. The lowest BCUT2D eigenvalue weighted by molar-refractivity contribution is -0.123. The molecule has 0 saturated carbocycles. The van der Waals surface area contributed by atoms with E-state index in [1.165, 1.54) is 7.11 Å². The van der Waals surface area contributed by atoms with Gasteiger partial charge in [-0.25, -0.2) is 8.42 Å². The van der Waals surface area contributed by atoms with Gasteiger partial charge < -0.3 is 10.1 Å². The van der Waals surface area contributed by atoms with Crippen molar-refractivity contribution in [2.45, 2.75) is 12.5 Å². The summed E-state index contributed by atoms with van der Waals surface area (Å²) in [7, 11) is -1.50. The van der Waals surface area contributed by atoms with Crippen molar-refractivity contribution < 1.29 is 17.9 Å². The fourth-order valence-electron chi connectivity index (χ4n) is 1.49. The lowest BCUT2D eigenvalue weighted by Crippen LogP contribution is -2.46. The standard InChI is InChI=1S/C8H15NO4S/c1-13-5-8(10)4-7-6-14(11,12)3-2-9-7/h7,9H,2-6H2,1H3. The van der Waals surface area contributed by atoms with Crippen LogP contribution < -0.4 is 5.32 Å². The topological polar surface area (TPSA) is 72.5 Å². The number of Topliss-reactive ketones (excluding diaryl/α,β-unsaturated/α-hetero) is 1. The Labute approximate surface area is 83.7 Å². The van der Waals surface area contributed by atoms with Crippen LogP contribution in [0.2, 0.25) is 0 Å². The molecular formula is C8H15NO4S. The Balaban J connectivity index is 2.42. The minimum absolute atomic E-state index is 0.0538. The third kappa shape index (κ3) is 3.73. The summed E-state index contributed by atoms with van der Waals surface area (Å²) in [5, 5.41) is 3.01. The SMILES string of the molecule is COCC(=O)CC1CS(=O)(=O)CCN1. The zero-order valence-corrected chi connectivity index (χ0v) is 8.97. The maximum atomic E-state index is 11.2. The van der Waals surface area contributed by atoms with Gasteiger partial charge in [-0.3, -0.25) is 4.79 Å². The predicted molar refractivity (Wildman–Crippen MR) is 51.9 cm³/mol. The van der Waals surface area contributed by atoms with Crippen LogP contribution in [0.1, 0.15) is 6.42 Å². The Hall–Kier alpha value is -0.460. The van der Waals surface area contributed by atoms with Crippen LogP contribution in [0.15, 0.2) is 0 Å². The Kier molecular flexibility index (Phi) is 4.03. The van der Waals surface area contributed by atoms with Crippen molar-refractivity contribution in [2.75, 3.05) is 31.8 Å². The Morgan fingerprint density at radius 1 is 1.57 bits per heavy atom. The normalized spacial score (nSPS) is 25.9. The Morgan fingerprint density at radius 2 is 2.29 bits per heavy atom. The minimum Gasteiger partial charge on any atom is -0.377 e. The van der Waals surface area contributed by atoms with E-state index in [0.29, 0.717) is 6.54 Å². The van der Waals surface area contributed by atoms with E-state index in [1.807, 2.05) is 0 Å². The average molecular weight is 221 g/mol. The molecule has 0 radical (unpaired) electrons. The number of carbonyl (C=O) groups excluding carboxylic acids is 1. The van der Waals surface area contributed by atoms with Crippen LogP contribution in [0.3, 0.4) is 0 Å². The fourth-order valence-corrected chi connectivity index (χ4v) is 2.94. The van der Waals surface area contributed by atoms with Crippen molar-refractivity contribution in [3.05, 3.63) is 0 Å². The fraction of sp³-hybridized carbons (Fsp3) is 0.875. The molecule has 1 fully saturated rings. The summed E-state index contributed by atoms with van der Waals surface area (Å²) < 4.78 is 27.1. The van der Waals surface area contributed by atoms with Gasteiger partial charge in [-0.05, 0) is 0 Å². The molecule has 6 heteroatoms. The molecular weight excluding hydrogens is 206 g/mol. The molecule has 0 spiro atoms. The number of carbonyl (C=O) groups is 1. The van der Waals surface area contributed by atoms with Crippen molar-refractivity contribution >= 4 is 15.6 Å². The third-order valence-corrected chi connectivity index (χ3v) is 3.82. The first kappa shape index (κ1) is 11.6. The summed E-state index contributed by atoms with van der Waals surface area (Å²) in [4.78, 5) is 11.2. The highest BCUT2D eigenvalue weighted by Gasteiger charge is 2.25. The van der Waals surface area contributed by atoms with E-state index in [-0.39, 0.29) is 36.4 Å². The molecule has 0 aromatic rings. The van der Waals surface area contributed by atoms with Crippen LogP contribution in [-0.2, 0) is 19.4 Å². The molecule has 14 heavy (non-hydrogen) atoms. The number of hydrogen-bond acceptors (Lipinski definition) is 5.